The van der Waals surface area contributed by atoms with Gasteiger partial charge in [-0.2, -0.15) is 0 Å². The Morgan fingerprint density at radius 3 is 2.82 bits per heavy atom. The van der Waals surface area contributed by atoms with E-state index in [9.17, 15) is 8.78 Å². The molecule has 0 radical (unpaired) electrons. The van der Waals surface area contributed by atoms with Gasteiger partial charge < -0.3 is 5.32 Å². The Morgan fingerprint density at radius 1 is 1.41 bits per heavy atom. The molecule has 1 aromatic carbocycles. The molecule has 1 aromatic rings. The third-order valence-electron chi connectivity index (χ3n) is 2.71. The van der Waals surface area contributed by atoms with Crippen molar-refractivity contribution in [3.05, 3.63) is 48.1 Å². The zero-order valence-corrected chi connectivity index (χ0v) is 10.2. The van der Waals surface area contributed by atoms with Crippen LogP contribution in [0.3, 0.4) is 0 Å². The lowest BCUT2D eigenvalue weighted by Gasteiger charge is -2.17. The van der Waals surface area contributed by atoms with Gasteiger partial charge in [0.25, 0.3) is 0 Å². The van der Waals surface area contributed by atoms with Crippen molar-refractivity contribution in [1.29, 1.82) is 0 Å². The number of hydrogen-bond acceptors (Lipinski definition) is 1. The Balaban J connectivity index is 2.70. The van der Waals surface area contributed by atoms with Crippen molar-refractivity contribution in [2.75, 3.05) is 6.54 Å². The standard InChI is InChI=1S/C14H19F2N/c1-3-5-8-12(17-4-2)10-11-7-6-9-13(15)14(11)16/h3,6-7,9,12,17H,1,4-5,8,10H2,2H3. The fourth-order valence-electron chi connectivity index (χ4n) is 1.86. The molecule has 0 aromatic heterocycles. The molecule has 1 unspecified atom stereocenters. The minimum Gasteiger partial charge on any atom is -0.314 e. The lowest BCUT2D eigenvalue weighted by atomic mass is 10.0. The van der Waals surface area contributed by atoms with Crippen molar-refractivity contribution in [3.8, 4) is 0 Å². The molecule has 0 aliphatic heterocycles. The van der Waals surface area contributed by atoms with Gasteiger partial charge in [0.15, 0.2) is 11.6 Å². The van der Waals surface area contributed by atoms with Crippen LogP contribution < -0.4 is 5.32 Å². The van der Waals surface area contributed by atoms with Gasteiger partial charge in [0.1, 0.15) is 0 Å². The summed E-state index contributed by atoms with van der Waals surface area (Å²) in [7, 11) is 0. The van der Waals surface area contributed by atoms with Crippen LogP contribution in [0.1, 0.15) is 25.3 Å². The van der Waals surface area contributed by atoms with Gasteiger partial charge in [-0.05, 0) is 37.4 Å². The number of hydrogen-bond donors (Lipinski definition) is 1. The van der Waals surface area contributed by atoms with Crippen LogP contribution in [0.15, 0.2) is 30.9 Å². The van der Waals surface area contributed by atoms with E-state index in [1.54, 1.807) is 12.1 Å². The largest absolute Gasteiger partial charge is 0.314 e. The summed E-state index contributed by atoms with van der Waals surface area (Å²) in [4.78, 5) is 0. The number of halogens is 2. The third kappa shape index (κ3) is 4.27. The maximum Gasteiger partial charge on any atom is 0.162 e. The molecule has 3 heteroatoms. The van der Waals surface area contributed by atoms with Crippen LogP contribution in [0.4, 0.5) is 8.78 Å². The molecule has 1 atom stereocenters. The number of nitrogens with one attached hydrogen (secondary N) is 1. The molecule has 0 fully saturated rings. The molecule has 1 nitrogen and oxygen atoms in total. The first-order chi connectivity index (χ1) is 8.19. The van der Waals surface area contributed by atoms with E-state index in [1.807, 2.05) is 13.0 Å². The highest BCUT2D eigenvalue weighted by Gasteiger charge is 2.13. The molecule has 0 saturated heterocycles. The predicted molar refractivity (Wildman–Crippen MR) is 67.0 cm³/mol. The van der Waals surface area contributed by atoms with Crippen LogP contribution in [0.5, 0.6) is 0 Å². The molecule has 0 spiro atoms. The molecule has 0 aliphatic carbocycles. The molecular weight excluding hydrogens is 220 g/mol. The molecular formula is C14H19F2N. The summed E-state index contributed by atoms with van der Waals surface area (Å²) in [6, 6.07) is 4.49. The van der Waals surface area contributed by atoms with Crippen molar-refractivity contribution in [2.45, 2.75) is 32.2 Å². The average molecular weight is 239 g/mol. The maximum atomic E-state index is 13.5. The van der Waals surface area contributed by atoms with E-state index < -0.39 is 11.6 Å². The summed E-state index contributed by atoms with van der Waals surface area (Å²) in [6.07, 6.45) is 4.10. The zero-order valence-electron chi connectivity index (χ0n) is 10.2. The van der Waals surface area contributed by atoms with Crippen molar-refractivity contribution in [2.24, 2.45) is 0 Å². The summed E-state index contributed by atoms with van der Waals surface area (Å²) in [5, 5.41) is 3.28. The molecule has 94 valence electrons. The van der Waals surface area contributed by atoms with E-state index >= 15 is 0 Å². The highest BCUT2D eigenvalue weighted by molar-refractivity contribution is 5.20. The second kappa shape index (κ2) is 7.17. The van der Waals surface area contributed by atoms with Crippen LogP contribution >= 0.6 is 0 Å². The fourth-order valence-corrected chi connectivity index (χ4v) is 1.86. The van der Waals surface area contributed by atoms with Gasteiger partial charge in [0.05, 0.1) is 0 Å². The number of likely N-dealkylation sites (N-methyl/N-ethyl adjacent to an activating group) is 1. The van der Waals surface area contributed by atoms with Crippen LogP contribution in [0.25, 0.3) is 0 Å². The second-order valence-electron chi connectivity index (χ2n) is 4.04. The van der Waals surface area contributed by atoms with Gasteiger partial charge in [0.2, 0.25) is 0 Å². The lowest BCUT2D eigenvalue weighted by Crippen LogP contribution is -2.31. The third-order valence-corrected chi connectivity index (χ3v) is 2.71. The summed E-state index contributed by atoms with van der Waals surface area (Å²) in [5.74, 6) is -1.50. The summed E-state index contributed by atoms with van der Waals surface area (Å²) in [5.41, 5.74) is 0.431. The second-order valence-corrected chi connectivity index (χ2v) is 4.04. The molecule has 0 aliphatic rings. The summed E-state index contributed by atoms with van der Waals surface area (Å²) >= 11 is 0. The van der Waals surface area contributed by atoms with E-state index in [-0.39, 0.29) is 6.04 Å². The Morgan fingerprint density at radius 2 is 2.18 bits per heavy atom. The zero-order chi connectivity index (χ0) is 12.7. The lowest BCUT2D eigenvalue weighted by molar-refractivity contribution is 0.463. The quantitative estimate of drug-likeness (QED) is 0.719. The predicted octanol–water partition coefficient (Wildman–Crippen LogP) is 3.45. The Bertz CT molecular complexity index is 363. The smallest absolute Gasteiger partial charge is 0.162 e. The first kappa shape index (κ1) is 13.8. The van der Waals surface area contributed by atoms with Gasteiger partial charge in [-0.1, -0.05) is 25.1 Å². The van der Waals surface area contributed by atoms with Gasteiger partial charge in [0, 0.05) is 6.04 Å². The van der Waals surface area contributed by atoms with E-state index in [0.29, 0.717) is 12.0 Å². The van der Waals surface area contributed by atoms with Crippen molar-refractivity contribution < 1.29 is 8.78 Å². The van der Waals surface area contributed by atoms with Gasteiger partial charge in [-0.3, -0.25) is 0 Å². The average Bonchev–Trinajstić information content (AvgIpc) is 2.32. The van der Waals surface area contributed by atoms with Crippen molar-refractivity contribution >= 4 is 0 Å². The SMILES string of the molecule is C=CCCC(Cc1cccc(F)c1F)NCC. The molecule has 1 N–H and O–H groups in total. The van der Waals surface area contributed by atoms with Gasteiger partial charge >= 0.3 is 0 Å². The molecule has 17 heavy (non-hydrogen) atoms. The van der Waals surface area contributed by atoms with Crippen molar-refractivity contribution in [1.82, 2.24) is 5.32 Å². The minimum atomic E-state index is -0.776. The number of allylic oxidation sites excluding steroid dienone is 1. The van der Waals surface area contributed by atoms with E-state index in [0.717, 1.165) is 25.5 Å². The Labute approximate surface area is 102 Å². The summed E-state index contributed by atoms with van der Waals surface area (Å²) in [6.45, 7) is 6.49. The summed E-state index contributed by atoms with van der Waals surface area (Å²) < 4.78 is 26.6. The van der Waals surface area contributed by atoms with Crippen LogP contribution in [-0.2, 0) is 6.42 Å². The Kier molecular flexibility index (Phi) is 5.84. The first-order valence-corrected chi connectivity index (χ1v) is 5.96. The molecule has 1 rings (SSSR count). The van der Waals surface area contributed by atoms with Gasteiger partial charge in [-0.25, -0.2) is 8.78 Å². The fraction of sp³-hybridized carbons (Fsp3) is 0.429. The van der Waals surface area contributed by atoms with Crippen LogP contribution in [-0.4, -0.2) is 12.6 Å². The van der Waals surface area contributed by atoms with Crippen LogP contribution in [0, 0.1) is 11.6 Å². The first-order valence-electron chi connectivity index (χ1n) is 5.96. The topological polar surface area (TPSA) is 12.0 Å². The molecule has 0 bridgehead atoms. The van der Waals surface area contributed by atoms with E-state index in [1.165, 1.54) is 0 Å². The minimum absolute atomic E-state index is 0.161. The molecule has 0 saturated carbocycles. The normalized spacial score (nSPS) is 12.4. The van der Waals surface area contributed by atoms with Crippen molar-refractivity contribution in [3.63, 3.8) is 0 Å². The highest BCUT2D eigenvalue weighted by atomic mass is 19.2. The number of benzene rings is 1. The van der Waals surface area contributed by atoms with Crippen LogP contribution in [0.2, 0.25) is 0 Å². The highest BCUT2D eigenvalue weighted by Crippen LogP contribution is 2.15. The number of rotatable bonds is 7. The van der Waals surface area contributed by atoms with E-state index in [2.05, 4.69) is 11.9 Å². The monoisotopic (exact) mass is 239 g/mol. The molecule has 0 amide bonds. The Hall–Kier alpha value is -1.22. The van der Waals surface area contributed by atoms with Gasteiger partial charge in [-0.15, -0.1) is 6.58 Å². The molecule has 0 heterocycles. The van der Waals surface area contributed by atoms with E-state index in [4.69, 9.17) is 0 Å². The maximum absolute atomic E-state index is 13.5.